The van der Waals surface area contributed by atoms with E-state index < -0.39 is 9.84 Å². The van der Waals surface area contributed by atoms with Crippen LogP contribution < -0.4 is 5.32 Å². The number of rotatable bonds is 6. The number of carbonyl (C=O) groups excluding carboxylic acids is 2. The lowest BCUT2D eigenvalue weighted by atomic mass is 10.1. The molecule has 2 aromatic rings. The lowest BCUT2D eigenvalue weighted by molar-refractivity contribution is -0.116. The second-order valence-electron chi connectivity index (χ2n) is 7.70. The molecule has 1 heterocycles. The first-order valence-electron chi connectivity index (χ1n) is 9.85. The molecule has 0 aromatic heterocycles. The second-order valence-corrected chi connectivity index (χ2v) is 10.0. The Bertz CT molecular complexity index is 1000. The van der Waals surface area contributed by atoms with Gasteiger partial charge in [0.25, 0.3) is 5.91 Å². The van der Waals surface area contributed by atoms with Crippen molar-refractivity contribution in [3.8, 4) is 0 Å². The van der Waals surface area contributed by atoms with Crippen LogP contribution in [0.15, 0.2) is 48.5 Å². The summed E-state index contributed by atoms with van der Waals surface area (Å²) in [6.07, 6.45) is 0. The molecular formula is C22H27N3O4S. The Balaban J connectivity index is 1.57. The van der Waals surface area contributed by atoms with Crippen LogP contribution >= 0.6 is 0 Å². The van der Waals surface area contributed by atoms with Gasteiger partial charge in [-0.2, -0.15) is 0 Å². The maximum Gasteiger partial charge on any atom is 0.254 e. The molecule has 8 heteroatoms. The molecule has 160 valence electrons. The Hall–Kier alpha value is -2.71. The fourth-order valence-electron chi connectivity index (χ4n) is 3.31. The molecule has 30 heavy (non-hydrogen) atoms. The predicted molar refractivity (Wildman–Crippen MR) is 117 cm³/mol. The number of benzene rings is 2. The van der Waals surface area contributed by atoms with Crippen LogP contribution in [0.4, 0.5) is 5.69 Å². The van der Waals surface area contributed by atoms with Crippen molar-refractivity contribution in [2.75, 3.05) is 43.5 Å². The molecule has 0 bridgehead atoms. The molecule has 0 spiro atoms. The summed E-state index contributed by atoms with van der Waals surface area (Å²) in [5.41, 5.74) is 3.24. The molecule has 1 aliphatic rings. The maximum atomic E-state index is 12.8. The zero-order valence-electron chi connectivity index (χ0n) is 17.3. The van der Waals surface area contributed by atoms with Crippen LogP contribution in [0.2, 0.25) is 0 Å². The van der Waals surface area contributed by atoms with Crippen LogP contribution in [0, 0.1) is 6.92 Å². The van der Waals surface area contributed by atoms with Crippen molar-refractivity contribution in [1.29, 1.82) is 0 Å². The molecule has 0 aliphatic carbocycles. The quantitative estimate of drug-likeness (QED) is 0.758. The van der Waals surface area contributed by atoms with Crippen LogP contribution in [0.25, 0.3) is 0 Å². The fraction of sp³-hybridized carbons (Fsp3) is 0.364. The van der Waals surface area contributed by atoms with Crippen molar-refractivity contribution in [3.63, 3.8) is 0 Å². The Morgan fingerprint density at radius 1 is 1.07 bits per heavy atom. The molecule has 0 unspecified atom stereocenters. The van der Waals surface area contributed by atoms with Crippen LogP contribution in [-0.4, -0.2) is 68.2 Å². The highest BCUT2D eigenvalue weighted by Gasteiger charge is 2.22. The van der Waals surface area contributed by atoms with Gasteiger partial charge in [-0.3, -0.25) is 14.5 Å². The SMILES string of the molecule is Cc1ccc(NC(=O)CN(C)C(=O)c2cccc(CN3CCS(=O)(=O)CC3)c2)cc1. The van der Waals surface area contributed by atoms with Gasteiger partial charge in [-0.05, 0) is 36.8 Å². The zero-order chi connectivity index (χ0) is 21.7. The molecule has 0 saturated carbocycles. The van der Waals surface area contributed by atoms with E-state index in [1.807, 2.05) is 43.3 Å². The Morgan fingerprint density at radius 3 is 2.40 bits per heavy atom. The largest absolute Gasteiger partial charge is 0.332 e. The minimum absolute atomic E-state index is 0.0546. The minimum atomic E-state index is -2.92. The van der Waals surface area contributed by atoms with Crippen molar-refractivity contribution in [2.45, 2.75) is 13.5 Å². The first-order chi connectivity index (χ1) is 14.2. The summed E-state index contributed by atoms with van der Waals surface area (Å²) in [4.78, 5) is 28.5. The van der Waals surface area contributed by atoms with Gasteiger partial charge in [0, 0.05) is 37.9 Å². The van der Waals surface area contributed by atoms with E-state index in [0.717, 1.165) is 11.1 Å². The first-order valence-corrected chi connectivity index (χ1v) is 11.7. The van der Waals surface area contributed by atoms with Crippen molar-refractivity contribution in [2.24, 2.45) is 0 Å². The highest BCUT2D eigenvalue weighted by atomic mass is 32.2. The summed E-state index contributed by atoms with van der Waals surface area (Å²) in [6, 6.07) is 14.7. The molecule has 3 rings (SSSR count). The van der Waals surface area contributed by atoms with E-state index in [4.69, 9.17) is 0 Å². The molecule has 0 atom stereocenters. The molecule has 7 nitrogen and oxygen atoms in total. The number of hydrogen-bond donors (Lipinski definition) is 1. The Kier molecular flexibility index (Phi) is 6.89. The van der Waals surface area contributed by atoms with Crippen molar-refractivity contribution >= 4 is 27.3 Å². The number of hydrogen-bond acceptors (Lipinski definition) is 5. The Morgan fingerprint density at radius 2 is 1.73 bits per heavy atom. The van der Waals surface area contributed by atoms with E-state index in [0.29, 0.717) is 30.9 Å². The number of nitrogens with zero attached hydrogens (tertiary/aromatic N) is 2. The van der Waals surface area contributed by atoms with Crippen LogP contribution in [0.5, 0.6) is 0 Å². The van der Waals surface area contributed by atoms with E-state index in [2.05, 4.69) is 10.2 Å². The molecular weight excluding hydrogens is 402 g/mol. The van der Waals surface area contributed by atoms with Gasteiger partial charge >= 0.3 is 0 Å². The zero-order valence-corrected chi connectivity index (χ0v) is 18.1. The summed E-state index contributed by atoms with van der Waals surface area (Å²) in [6.45, 7) is 3.51. The van der Waals surface area contributed by atoms with Gasteiger partial charge < -0.3 is 10.2 Å². The second kappa shape index (κ2) is 9.40. The third-order valence-corrected chi connectivity index (χ3v) is 6.69. The minimum Gasteiger partial charge on any atom is -0.332 e. The molecule has 1 fully saturated rings. The van der Waals surface area contributed by atoms with Crippen molar-refractivity contribution < 1.29 is 18.0 Å². The number of sulfone groups is 1. The van der Waals surface area contributed by atoms with Gasteiger partial charge in [0.05, 0.1) is 18.1 Å². The van der Waals surface area contributed by atoms with E-state index >= 15 is 0 Å². The van der Waals surface area contributed by atoms with Gasteiger partial charge in [0.2, 0.25) is 5.91 Å². The lowest BCUT2D eigenvalue weighted by Crippen LogP contribution is -2.39. The van der Waals surface area contributed by atoms with Gasteiger partial charge in [-0.1, -0.05) is 29.8 Å². The van der Waals surface area contributed by atoms with Crippen LogP contribution in [0.1, 0.15) is 21.5 Å². The molecule has 2 aromatic carbocycles. The maximum absolute atomic E-state index is 12.8. The summed E-state index contributed by atoms with van der Waals surface area (Å²) >= 11 is 0. The predicted octanol–water partition coefficient (Wildman–Crippen LogP) is 1.94. The standard InChI is InChI=1S/C22H27N3O4S/c1-17-6-8-20(9-7-17)23-21(26)16-24(2)22(27)19-5-3-4-18(14-19)15-25-10-12-30(28,29)13-11-25/h3-9,14H,10-13,15-16H2,1-2H3,(H,23,26). The van der Waals surface area contributed by atoms with Crippen LogP contribution in [0.3, 0.4) is 0 Å². The molecule has 2 amide bonds. The number of aryl methyl sites for hydroxylation is 1. The summed E-state index contributed by atoms with van der Waals surface area (Å²) in [7, 11) is -1.32. The van der Waals surface area contributed by atoms with E-state index in [-0.39, 0.29) is 29.9 Å². The number of amides is 2. The summed E-state index contributed by atoms with van der Waals surface area (Å²) in [5.74, 6) is -0.160. The smallest absolute Gasteiger partial charge is 0.254 e. The monoisotopic (exact) mass is 429 g/mol. The van der Waals surface area contributed by atoms with E-state index in [1.165, 1.54) is 4.90 Å². The molecule has 0 radical (unpaired) electrons. The first kappa shape index (κ1) is 22.0. The third-order valence-electron chi connectivity index (χ3n) is 5.08. The molecule has 1 N–H and O–H groups in total. The van der Waals surface area contributed by atoms with Gasteiger partial charge in [-0.25, -0.2) is 8.42 Å². The normalized spacial score (nSPS) is 16.1. The Labute approximate surface area is 177 Å². The number of anilines is 1. The summed E-state index contributed by atoms with van der Waals surface area (Å²) < 4.78 is 23.2. The number of nitrogens with one attached hydrogen (secondary N) is 1. The molecule has 1 saturated heterocycles. The van der Waals surface area contributed by atoms with Gasteiger partial charge in [0.15, 0.2) is 9.84 Å². The summed E-state index contributed by atoms with van der Waals surface area (Å²) in [5, 5.41) is 2.79. The fourth-order valence-corrected chi connectivity index (χ4v) is 4.59. The van der Waals surface area contributed by atoms with E-state index in [9.17, 15) is 18.0 Å². The van der Waals surface area contributed by atoms with Gasteiger partial charge in [0.1, 0.15) is 0 Å². The average Bonchev–Trinajstić information content (AvgIpc) is 2.71. The van der Waals surface area contributed by atoms with E-state index in [1.54, 1.807) is 19.2 Å². The highest BCUT2D eigenvalue weighted by molar-refractivity contribution is 7.91. The lowest BCUT2D eigenvalue weighted by Gasteiger charge is -2.26. The van der Waals surface area contributed by atoms with Crippen LogP contribution in [-0.2, 0) is 21.2 Å². The third kappa shape index (κ3) is 6.14. The average molecular weight is 430 g/mol. The van der Waals surface area contributed by atoms with Gasteiger partial charge in [-0.15, -0.1) is 0 Å². The van der Waals surface area contributed by atoms with Crippen molar-refractivity contribution in [3.05, 3.63) is 65.2 Å². The molecule has 1 aliphatic heterocycles. The number of likely N-dealkylation sites (N-methyl/N-ethyl adjacent to an activating group) is 1. The topological polar surface area (TPSA) is 86.8 Å². The highest BCUT2D eigenvalue weighted by Crippen LogP contribution is 2.13. The van der Waals surface area contributed by atoms with Crippen molar-refractivity contribution in [1.82, 2.24) is 9.80 Å². The number of carbonyl (C=O) groups is 2.